The van der Waals surface area contributed by atoms with Crippen molar-refractivity contribution < 1.29 is 23.9 Å². The number of hydrogen-bond acceptors (Lipinski definition) is 6. The number of thiophene rings is 1. The van der Waals surface area contributed by atoms with E-state index in [-0.39, 0.29) is 30.3 Å². The molecule has 1 N–H and O–H groups in total. The van der Waals surface area contributed by atoms with Gasteiger partial charge < -0.3 is 10.1 Å². The number of rotatable bonds is 8. The van der Waals surface area contributed by atoms with Gasteiger partial charge in [-0.25, -0.2) is 0 Å². The fraction of sp³-hybridized carbons (Fsp3) is 0.391. The van der Waals surface area contributed by atoms with Crippen LogP contribution in [0.4, 0.5) is 5.69 Å². The number of ketones is 2. The molecule has 1 heterocycles. The first-order valence-corrected chi connectivity index (χ1v) is 10.5. The molecule has 6 nitrogen and oxygen atoms in total. The van der Waals surface area contributed by atoms with Crippen LogP contribution in [0.15, 0.2) is 30.3 Å². The molecule has 0 fully saturated rings. The quantitative estimate of drug-likeness (QED) is 0.484. The molecule has 0 bridgehead atoms. The number of benzene rings is 1. The van der Waals surface area contributed by atoms with Gasteiger partial charge in [-0.3, -0.25) is 19.2 Å². The molecule has 0 saturated carbocycles. The molecule has 0 aliphatic carbocycles. The Hall–Kier alpha value is -2.80. The third-order valence-corrected chi connectivity index (χ3v) is 5.37. The molecule has 160 valence electrons. The van der Waals surface area contributed by atoms with Gasteiger partial charge in [-0.15, -0.1) is 11.3 Å². The van der Waals surface area contributed by atoms with Gasteiger partial charge in [-0.2, -0.15) is 0 Å². The van der Waals surface area contributed by atoms with Crippen LogP contribution in [0.3, 0.4) is 0 Å². The van der Waals surface area contributed by atoms with Gasteiger partial charge in [-0.05, 0) is 44.2 Å². The van der Waals surface area contributed by atoms with E-state index in [9.17, 15) is 19.2 Å². The molecule has 0 unspecified atom stereocenters. The number of nitrogens with one attached hydrogen (secondary N) is 1. The highest BCUT2D eigenvalue weighted by molar-refractivity contribution is 7.12. The van der Waals surface area contributed by atoms with Crippen molar-refractivity contribution in [3.8, 4) is 0 Å². The Kier molecular flexibility index (Phi) is 7.67. The van der Waals surface area contributed by atoms with Crippen LogP contribution in [-0.4, -0.2) is 30.0 Å². The molecule has 0 radical (unpaired) electrons. The number of hydrogen-bond donors (Lipinski definition) is 1. The van der Waals surface area contributed by atoms with Gasteiger partial charge in [0.15, 0.2) is 18.2 Å². The molecule has 30 heavy (non-hydrogen) atoms. The van der Waals surface area contributed by atoms with Crippen LogP contribution < -0.4 is 5.32 Å². The van der Waals surface area contributed by atoms with Gasteiger partial charge in [0.2, 0.25) is 5.91 Å². The lowest BCUT2D eigenvalue weighted by Crippen LogP contribution is -2.27. The van der Waals surface area contributed by atoms with E-state index < -0.39 is 18.0 Å². The summed E-state index contributed by atoms with van der Waals surface area (Å²) in [4.78, 5) is 50.3. The number of aryl methyl sites for hydroxylation is 2. The van der Waals surface area contributed by atoms with E-state index in [4.69, 9.17) is 4.74 Å². The maximum absolute atomic E-state index is 12.2. The van der Waals surface area contributed by atoms with E-state index in [2.05, 4.69) is 5.32 Å². The number of carbonyl (C=O) groups is 4. The summed E-state index contributed by atoms with van der Waals surface area (Å²) in [6.07, 6.45) is -0.0234. The molecular formula is C23H27NO5S. The molecule has 2 rings (SSSR count). The summed E-state index contributed by atoms with van der Waals surface area (Å²) >= 11 is 1.54. The van der Waals surface area contributed by atoms with Crippen LogP contribution >= 0.6 is 11.3 Å². The van der Waals surface area contributed by atoms with Crippen molar-refractivity contribution in [2.24, 2.45) is 5.41 Å². The lowest BCUT2D eigenvalue weighted by atomic mass is 9.95. The van der Waals surface area contributed by atoms with Crippen molar-refractivity contribution in [1.29, 1.82) is 0 Å². The Balaban J connectivity index is 1.80. The van der Waals surface area contributed by atoms with Crippen LogP contribution in [0.2, 0.25) is 0 Å². The van der Waals surface area contributed by atoms with E-state index in [1.807, 2.05) is 40.7 Å². The summed E-state index contributed by atoms with van der Waals surface area (Å²) in [5.74, 6) is -1.17. The van der Waals surface area contributed by atoms with Crippen molar-refractivity contribution >= 4 is 40.5 Å². The van der Waals surface area contributed by atoms with Crippen molar-refractivity contribution in [3.63, 3.8) is 0 Å². The third kappa shape index (κ3) is 6.62. The fourth-order valence-corrected chi connectivity index (χ4v) is 3.56. The van der Waals surface area contributed by atoms with Crippen molar-refractivity contribution in [2.75, 3.05) is 11.9 Å². The van der Waals surface area contributed by atoms with Crippen LogP contribution in [0.5, 0.6) is 0 Å². The number of Topliss-reactive ketones (excluding diaryl/α,β-unsaturated/α-hetero) is 2. The van der Waals surface area contributed by atoms with Crippen LogP contribution in [-0.2, 0) is 14.3 Å². The zero-order valence-corrected chi connectivity index (χ0v) is 18.8. The molecule has 0 saturated heterocycles. The Labute approximate surface area is 180 Å². The van der Waals surface area contributed by atoms with Gasteiger partial charge in [-0.1, -0.05) is 20.8 Å². The topological polar surface area (TPSA) is 89.5 Å². The smallest absolute Gasteiger partial charge is 0.306 e. The molecule has 1 aromatic heterocycles. The Morgan fingerprint density at radius 1 is 0.967 bits per heavy atom. The highest BCUT2D eigenvalue weighted by atomic mass is 32.1. The zero-order valence-electron chi connectivity index (χ0n) is 18.0. The average Bonchev–Trinajstić information content (AvgIpc) is 3.02. The van der Waals surface area contributed by atoms with Gasteiger partial charge in [0, 0.05) is 38.4 Å². The van der Waals surface area contributed by atoms with Crippen LogP contribution in [0, 0.1) is 19.3 Å². The number of anilines is 1. The van der Waals surface area contributed by atoms with E-state index >= 15 is 0 Å². The maximum Gasteiger partial charge on any atom is 0.306 e. The van der Waals surface area contributed by atoms with Gasteiger partial charge in [0.1, 0.15) is 0 Å². The van der Waals surface area contributed by atoms with E-state index in [0.29, 0.717) is 16.8 Å². The second-order valence-corrected chi connectivity index (χ2v) is 9.58. The van der Waals surface area contributed by atoms with Gasteiger partial charge >= 0.3 is 5.97 Å². The minimum Gasteiger partial charge on any atom is -0.457 e. The normalized spacial score (nSPS) is 11.1. The predicted molar refractivity (Wildman–Crippen MR) is 117 cm³/mol. The highest BCUT2D eigenvalue weighted by Gasteiger charge is 2.21. The Bertz CT molecular complexity index is 951. The largest absolute Gasteiger partial charge is 0.457 e. The summed E-state index contributed by atoms with van der Waals surface area (Å²) in [6.45, 7) is 8.85. The molecule has 7 heteroatoms. The Morgan fingerprint density at radius 3 is 2.13 bits per heavy atom. The third-order valence-electron chi connectivity index (χ3n) is 4.41. The molecule has 1 aromatic carbocycles. The second-order valence-electron chi connectivity index (χ2n) is 8.12. The number of carbonyl (C=O) groups excluding carboxylic acids is 4. The molecule has 0 aliphatic rings. The average molecular weight is 430 g/mol. The summed E-state index contributed by atoms with van der Waals surface area (Å²) in [5, 5.41) is 2.78. The molecule has 1 amide bonds. The molecule has 0 atom stereocenters. The van der Waals surface area contributed by atoms with E-state index in [1.165, 1.54) is 0 Å². The summed E-state index contributed by atoms with van der Waals surface area (Å²) < 4.78 is 5.01. The monoisotopic (exact) mass is 429 g/mol. The van der Waals surface area contributed by atoms with Crippen molar-refractivity contribution in [1.82, 2.24) is 0 Å². The molecular weight excluding hydrogens is 402 g/mol. The SMILES string of the molecule is Cc1cc(C(=O)CCC(=O)OCC(=O)c2ccc(NC(=O)C(C)(C)C)cc2)c(C)s1. The number of esters is 1. The molecule has 0 aliphatic heterocycles. The van der Waals surface area contributed by atoms with E-state index in [0.717, 1.165) is 9.75 Å². The Morgan fingerprint density at radius 2 is 1.60 bits per heavy atom. The zero-order chi connectivity index (χ0) is 22.5. The minimum atomic E-state index is -0.588. The first-order chi connectivity index (χ1) is 14.0. The van der Waals surface area contributed by atoms with Crippen molar-refractivity contribution in [2.45, 2.75) is 47.5 Å². The van der Waals surface area contributed by atoms with Gasteiger partial charge in [0.05, 0.1) is 6.42 Å². The first-order valence-electron chi connectivity index (χ1n) is 9.68. The molecule has 0 spiro atoms. The van der Waals surface area contributed by atoms with Crippen molar-refractivity contribution in [3.05, 3.63) is 51.2 Å². The predicted octanol–water partition coefficient (Wildman–Crippen LogP) is 4.74. The van der Waals surface area contributed by atoms with Gasteiger partial charge in [0.25, 0.3) is 0 Å². The maximum atomic E-state index is 12.2. The summed E-state index contributed by atoms with van der Waals surface area (Å²) in [6, 6.07) is 8.22. The summed E-state index contributed by atoms with van der Waals surface area (Å²) in [5.41, 5.74) is 1.07. The lowest BCUT2D eigenvalue weighted by molar-refractivity contribution is -0.142. The summed E-state index contributed by atoms with van der Waals surface area (Å²) in [7, 11) is 0. The first kappa shape index (κ1) is 23.5. The number of ether oxygens (including phenoxy) is 1. The standard InChI is InChI=1S/C23H27NO5S/c1-14-12-18(15(2)30-14)19(25)10-11-21(27)29-13-20(26)16-6-8-17(9-7-16)24-22(28)23(3,4)5/h6-9,12H,10-11,13H2,1-5H3,(H,24,28). The minimum absolute atomic E-state index is 0.0478. The lowest BCUT2D eigenvalue weighted by Gasteiger charge is -2.17. The second kappa shape index (κ2) is 9.80. The molecule has 2 aromatic rings. The number of amides is 1. The van der Waals surface area contributed by atoms with Crippen LogP contribution in [0.1, 0.15) is 64.1 Å². The fourth-order valence-electron chi connectivity index (χ4n) is 2.62. The van der Waals surface area contributed by atoms with Crippen LogP contribution in [0.25, 0.3) is 0 Å². The highest BCUT2D eigenvalue weighted by Crippen LogP contribution is 2.22. The van der Waals surface area contributed by atoms with E-state index in [1.54, 1.807) is 35.6 Å².